The Morgan fingerprint density at radius 1 is 1.15 bits per heavy atom. The lowest BCUT2D eigenvalue weighted by molar-refractivity contribution is -0.116. The molecule has 2 aromatic rings. The number of hydrogen-bond donors (Lipinski definition) is 1. The van der Waals surface area contributed by atoms with Crippen LogP contribution in [0.3, 0.4) is 0 Å². The third-order valence-corrected chi connectivity index (χ3v) is 4.50. The molecule has 1 amide bonds. The molecule has 0 radical (unpaired) electrons. The molecule has 3 rings (SSSR count). The van der Waals surface area contributed by atoms with E-state index in [0.717, 1.165) is 22.5 Å². The average Bonchev–Trinajstić information content (AvgIpc) is 2.63. The van der Waals surface area contributed by atoms with Gasteiger partial charge in [0.2, 0.25) is 11.9 Å². The second kappa shape index (κ2) is 8.35. The molecule has 1 aliphatic heterocycles. The largest absolute Gasteiger partial charge is 0.378 e. The van der Waals surface area contributed by atoms with Gasteiger partial charge in [-0.05, 0) is 43.5 Å². The number of amides is 1. The standard InChI is InChI=1S/C20H26N4O3/c1-4-16-12-19(26)24(20(22-16)23-5-7-27-8-6-23)13-18(25)21-17-10-14(2)9-15(3)11-17/h9-12H,4-8,13H2,1-3H3,(H,21,25). The van der Waals surface area contributed by atoms with Crippen LogP contribution in [0.1, 0.15) is 23.7 Å². The third kappa shape index (κ3) is 4.74. The highest BCUT2D eigenvalue weighted by atomic mass is 16.5. The van der Waals surface area contributed by atoms with Gasteiger partial charge < -0.3 is 15.0 Å². The van der Waals surface area contributed by atoms with E-state index in [9.17, 15) is 9.59 Å². The molecular formula is C20H26N4O3. The Hall–Kier alpha value is -2.67. The first-order valence-electron chi connectivity index (χ1n) is 9.28. The number of hydrogen-bond acceptors (Lipinski definition) is 5. The number of carbonyl (C=O) groups excluding carboxylic acids is 1. The number of morpholine rings is 1. The summed E-state index contributed by atoms with van der Waals surface area (Å²) in [5.74, 6) is 0.292. The molecule has 0 aliphatic carbocycles. The second-order valence-electron chi connectivity index (χ2n) is 6.85. The number of aromatic nitrogens is 2. The van der Waals surface area contributed by atoms with Gasteiger partial charge in [-0.25, -0.2) is 4.98 Å². The fraction of sp³-hybridized carbons (Fsp3) is 0.450. The van der Waals surface area contributed by atoms with Crippen LogP contribution in [0.2, 0.25) is 0 Å². The van der Waals surface area contributed by atoms with Crippen molar-refractivity contribution in [1.29, 1.82) is 0 Å². The lowest BCUT2D eigenvalue weighted by Crippen LogP contribution is -2.42. The van der Waals surface area contributed by atoms with Crippen LogP contribution < -0.4 is 15.8 Å². The summed E-state index contributed by atoms with van der Waals surface area (Å²) >= 11 is 0. The van der Waals surface area contributed by atoms with Crippen molar-refractivity contribution in [2.75, 3.05) is 36.5 Å². The minimum Gasteiger partial charge on any atom is -0.378 e. The zero-order valence-electron chi connectivity index (χ0n) is 16.1. The molecule has 1 fully saturated rings. The van der Waals surface area contributed by atoms with Gasteiger partial charge in [-0.1, -0.05) is 13.0 Å². The quantitative estimate of drug-likeness (QED) is 0.870. The summed E-state index contributed by atoms with van der Waals surface area (Å²) in [6.07, 6.45) is 0.669. The molecule has 27 heavy (non-hydrogen) atoms. The maximum Gasteiger partial charge on any atom is 0.255 e. The Labute approximate surface area is 159 Å². The number of ether oxygens (including phenoxy) is 1. The van der Waals surface area contributed by atoms with E-state index in [1.54, 1.807) is 0 Å². The average molecular weight is 370 g/mol. The molecule has 0 spiro atoms. The van der Waals surface area contributed by atoms with Gasteiger partial charge in [-0.15, -0.1) is 0 Å². The molecule has 1 saturated heterocycles. The Kier molecular flexibility index (Phi) is 5.91. The van der Waals surface area contributed by atoms with Gasteiger partial charge in [0, 0.05) is 30.5 Å². The van der Waals surface area contributed by atoms with Crippen molar-refractivity contribution in [2.45, 2.75) is 33.7 Å². The van der Waals surface area contributed by atoms with Crippen molar-refractivity contribution in [3.8, 4) is 0 Å². The van der Waals surface area contributed by atoms with Crippen molar-refractivity contribution in [1.82, 2.24) is 9.55 Å². The number of nitrogens with one attached hydrogen (secondary N) is 1. The van der Waals surface area contributed by atoms with Gasteiger partial charge in [0.25, 0.3) is 5.56 Å². The zero-order valence-corrected chi connectivity index (χ0v) is 16.1. The summed E-state index contributed by atoms with van der Waals surface area (Å²) in [5, 5.41) is 2.89. The molecule has 7 heteroatoms. The summed E-state index contributed by atoms with van der Waals surface area (Å²) < 4.78 is 6.84. The van der Waals surface area contributed by atoms with Gasteiger partial charge in [-0.2, -0.15) is 0 Å². The molecule has 1 aromatic carbocycles. The molecule has 0 bridgehead atoms. The van der Waals surface area contributed by atoms with Crippen molar-refractivity contribution in [3.63, 3.8) is 0 Å². The second-order valence-corrected chi connectivity index (χ2v) is 6.85. The normalized spacial score (nSPS) is 14.3. The fourth-order valence-corrected chi connectivity index (χ4v) is 3.27. The first-order valence-corrected chi connectivity index (χ1v) is 9.28. The fourth-order valence-electron chi connectivity index (χ4n) is 3.27. The van der Waals surface area contributed by atoms with Gasteiger partial charge in [0.1, 0.15) is 6.54 Å². The molecule has 1 aromatic heterocycles. The number of aryl methyl sites for hydroxylation is 3. The predicted molar refractivity (Wildman–Crippen MR) is 105 cm³/mol. The first-order chi connectivity index (χ1) is 13.0. The topological polar surface area (TPSA) is 76.5 Å². The van der Waals surface area contributed by atoms with E-state index >= 15 is 0 Å². The summed E-state index contributed by atoms with van der Waals surface area (Å²) in [6.45, 7) is 8.32. The van der Waals surface area contributed by atoms with E-state index in [-0.39, 0.29) is 18.0 Å². The molecule has 0 saturated carbocycles. The van der Waals surface area contributed by atoms with E-state index in [2.05, 4.69) is 10.3 Å². The third-order valence-electron chi connectivity index (χ3n) is 4.50. The van der Waals surface area contributed by atoms with Gasteiger partial charge in [0.15, 0.2) is 0 Å². The van der Waals surface area contributed by atoms with E-state index in [1.807, 2.05) is 43.9 Å². The zero-order chi connectivity index (χ0) is 19.4. The Balaban J connectivity index is 1.86. The van der Waals surface area contributed by atoms with Crippen LogP contribution in [-0.2, 0) is 22.5 Å². The first kappa shape index (κ1) is 19.1. The highest BCUT2D eigenvalue weighted by Crippen LogP contribution is 2.15. The number of anilines is 2. The minimum absolute atomic E-state index is 0.0739. The molecule has 144 valence electrons. The van der Waals surface area contributed by atoms with E-state index in [4.69, 9.17) is 4.74 Å². The predicted octanol–water partition coefficient (Wildman–Crippen LogP) is 1.90. The minimum atomic E-state index is -0.248. The maximum atomic E-state index is 12.6. The van der Waals surface area contributed by atoms with E-state index < -0.39 is 0 Å². The highest BCUT2D eigenvalue weighted by molar-refractivity contribution is 5.91. The van der Waals surface area contributed by atoms with Crippen LogP contribution in [0.4, 0.5) is 11.6 Å². The van der Waals surface area contributed by atoms with Crippen LogP contribution in [0, 0.1) is 13.8 Å². The van der Waals surface area contributed by atoms with Crippen LogP contribution in [0.5, 0.6) is 0 Å². The number of benzene rings is 1. The summed E-state index contributed by atoms with van der Waals surface area (Å²) in [5.41, 5.74) is 3.40. The molecular weight excluding hydrogens is 344 g/mol. The lowest BCUT2D eigenvalue weighted by atomic mass is 10.1. The summed E-state index contributed by atoms with van der Waals surface area (Å²) in [4.78, 5) is 31.9. The Morgan fingerprint density at radius 3 is 2.44 bits per heavy atom. The molecule has 7 nitrogen and oxygen atoms in total. The number of nitrogens with zero attached hydrogens (tertiary/aromatic N) is 3. The number of rotatable bonds is 5. The molecule has 1 aliphatic rings. The maximum absolute atomic E-state index is 12.6. The van der Waals surface area contributed by atoms with E-state index in [0.29, 0.717) is 38.7 Å². The van der Waals surface area contributed by atoms with Crippen LogP contribution in [-0.4, -0.2) is 41.8 Å². The highest BCUT2D eigenvalue weighted by Gasteiger charge is 2.20. The van der Waals surface area contributed by atoms with Crippen LogP contribution >= 0.6 is 0 Å². The van der Waals surface area contributed by atoms with Gasteiger partial charge in [0.05, 0.1) is 13.2 Å². The van der Waals surface area contributed by atoms with Crippen LogP contribution in [0.15, 0.2) is 29.1 Å². The Bertz CT molecular complexity index is 865. The van der Waals surface area contributed by atoms with Crippen LogP contribution in [0.25, 0.3) is 0 Å². The monoisotopic (exact) mass is 370 g/mol. The molecule has 0 atom stereocenters. The van der Waals surface area contributed by atoms with Crippen molar-refractivity contribution in [3.05, 3.63) is 51.4 Å². The van der Waals surface area contributed by atoms with Crippen molar-refractivity contribution >= 4 is 17.5 Å². The smallest absolute Gasteiger partial charge is 0.255 e. The van der Waals surface area contributed by atoms with Crippen molar-refractivity contribution < 1.29 is 9.53 Å². The summed E-state index contributed by atoms with van der Waals surface area (Å²) in [7, 11) is 0. The van der Waals surface area contributed by atoms with Crippen molar-refractivity contribution in [2.24, 2.45) is 0 Å². The SMILES string of the molecule is CCc1cc(=O)n(CC(=O)Nc2cc(C)cc(C)c2)c(N2CCOCC2)n1. The molecule has 1 N–H and O–H groups in total. The number of carbonyl (C=O) groups is 1. The van der Waals surface area contributed by atoms with Gasteiger partial charge in [-0.3, -0.25) is 14.2 Å². The van der Waals surface area contributed by atoms with E-state index in [1.165, 1.54) is 10.6 Å². The molecule has 0 unspecified atom stereocenters. The lowest BCUT2D eigenvalue weighted by Gasteiger charge is -2.29. The summed E-state index contributed by atoms with van der Waals surface area (Å²) in [6, 6.07) is 7.38. The Morgan fingerprint density at radius 2 is 1.81 bits per heavy atom. The molecule has 2 heterocycles. The van der Waals surface area contributed by atoms with Gasteiger partial charge >= 0.3 is 0 Å².